The fraction of sp³-hybridized carbons (Fsp3) is 0.545. The molecule has 7 nitrogen and oxygen atoms in total. The number of amides is 1. The number of aromatic nitrogens is 1. The van der Waals surface area contributed by atoms with Crippen LogP contribution in [0.3, 0.4) is 0 Å². The molecule has 1 aliphatic rings. The lowest BCUT2D eigenvalue weighted by atomic mass is 10.2. The van der Waals surface area contributed by atoms with Gasteiger partial charge in [0.05, 0.1) is 0 Å². The maximum Gasteiger partial charge on any atom is 0.326 e. The lowest BCUT2D eigenvalue weighted by Gasteiger charge is -2.11. The Kier molecular flexibility index (Phi) is 3.61. The van der Waals surface area contributed by atoms with Gasteiger partial charge in [-0.05, 0) is 12.8 Å². The minimum Gasteiger partial charge on any atom is -0.480 e. The van der Waals surface area contributed by atoms with E-state index in [9.17, 15) is 9.59 Å². The number of carbonyl (C=O) groups is 2. The summed E-state index contributed by atoms with van der Waals surface area (Å²) in [4.78, 5) is 22.5. The zero-order valence-electron chi connectivity index (χ0n) is 9.63. The maximum atomic E-state index is 11.7. The molecule has 0 aliphatic heterocycles. The first kappa shape index (κ1) is 12.6. The molecular weight excluding hydrogens is 240 g/mol. The first-order valence-electron chi connectivity index (χ1n) is 5.73. The number of carboxylic acids is 1. The van der Waals surface area contributed by atoms with Crippen LogP contribution < -0.4 is 5.32 Å². The van der Waals surface area contributed by atoms with E-state index in [1.807, 2.05) is 0 Å². The predicted molar refractivity (Wildman–Crippen MR) is 59.1 cm³/mol. The van der Waals surface area contributed by atoms with E-state index >= 15 is 0 Å². The monoisotopic (exact) mass is 254 g/mol. The summed E-state index contributed by atoms with van der Waals surface area (Å²) in [6.45, 7) is -0.316. The summed E-state index contributed by atoms with van der Waals surface area (Å²) >= 11 is 0. The van der Waals surface area contributed by atoms with Gasteiger partial charge in [-0.2, -0.15) is 0 Å². The van der Waals surface area contributed by atoms with Crippen molar-refractivity contribution in [3.8, 4) is 0 Å². The highest BCUT2D eigenvalue weighted by Crippen LogP contribution is 2.40. The van der Waals surface area contributed by atoms with Crippen LogP contribution in [-0.2, 0) is 4.79 Å². The molecule has 98 valence electrons. The molecule has 1 aliphatic carbocycles. The standard InChI is InChI=1S/C11H14N2O5/c14-4-3-7(11(16)17)12-10(15)8-5-9(18-13-8)6-1-2-6/h5-7,14H,1-4H2,(H,12,15)(H,16,17). The summed E-state index contributed by atoms with van der Waals surface area (Å²) < 4.78 is 5.00. The van der Waals surface area contributed by atoms with Crippen LogP contribution in [0.1, 0.15) is 41.4 Å². The van der Waals surface area contributed by atoms with E-state index in [1.165, 1.54) is 6.07 Å². The molecule has 1 amide bonds. The molecule has 1 aromatic heterocycles. The molecule has 1 fully saturated rings. The van der Waals surface area contributed by atoms with Crippen molar-refractivity contribution in [2.45, 2.75) is 31.2 Å². The molecule has 0 aromatic carbocycles. The average molecular weight is 254 g/mol. The molecule has 0 saturated heterocycles. The first-order chi connectivity index (χ1) is 8.61. The predicted octanol–water partition coefficient (Wildman–Crippen LogP) is 0.117. The van der Waals surface area contributed by atoms with Crippen molar-refractivity contribution in [1.82, 2.24) is 10.5 Å². The van der Waals surface area contributed by atoms with E-state index < -0.39 is 17.9 Å². The summed E-state index contributed by atoms with van der Waals surface area (Å²) in [6, 6.07) is 0.411. The van der Waals surface area contributed by atoms with Crippen molar-refractivity contribution >= 4 is 11.9 Å². The van der Waals surface area contributed by atoms with Crippen LogP contribution in [0.2, 0.25) is 0 Å². The maximum absolute atomic E-state index is 11.7. The number of aliphatic hydroxyl groups is 1. The first-order valence-corrected chi connectivity index (χ1v) is 5.73. The number of carbonyl (C=O) groups excluding carboxylic acids is 1. The lowest BCUT2D eigenvalue weighted by molar-refractivity contribution is -0.139. The largest absolute Gasteiger partial charge is 0.480 e. The van der Waals surface area contributed by atoms with Gasteiger partial charge in [-0.1, -0.05) is 5.16 Å². The third-order valence-corrected chi connectivity index (χ3v) is 2.76. The summed E-state index contributed by atoms with van der Waals surface area (Å²) in [7, 11) is 0. The molecule has 7 heteroatoms. The Morgan fingerprint density at radius 2 is 2.28 bits per heavy atom. The number of hydrogen-bond donors (Lipinski definition) is 3. The number of nitrogens with zero attached hydrogens (tertiary/aromatic N) is 1. The molecule has 18 heavy (non-hydrogen) atoms. The molecule has 3 N–H and O–H groups in total. The molecule has 2 rings (SSSR count). The Morgan fingerprint density at radius 1 is 1.56 bits per heavy atom. The molecule has 1 atom stereocenters. The summed E-state index contributed by atoms with van der Waals surface area (Å²) in [6.07, 6.45) is 2.01. The van der Waals surface area contributed by atoms with E-state index in [0.717, 1.165) is 12.8 Å². The highest BCUT2D eigenvalue weighted by atomic mass is 16.5. The zero-order chi connectivity index (χ0) is 13.1. The number of rotatable bonds is 6. The fourth-order valence-electron chi connectivity index (χ4n) is 1.58. The van der Waals surface area contributed by atoms with Crippen molar-refractivity contribution in [2.24, 2.45) is 0 Å². The fourth-order valence-corrected chi connectivity index (χ4v) is 1.58. The SMILES string of the molecule is O=C(NC(CCO)C(=O)O)c1cc(C2CC2)on1. The summed E-state index contributed by atoms with van der Waals surface area (Å²) in [5.74, 6) is -0.796. The van der Waals surface area contributed by atoms with Crippen LogP contribution in [0.15, 0.2) is 10.6 Å². The summed E-state index contributed by atoms with van der Waals surface area (Å²) in [5, 5.41) is 23.4. The minimum atomic E-state index is -1.19. The van der Waals surface area contributed by atoms with E-state index in [1.54, 1.807) is 0 Å². The van der Waals surface area contributed by atoms with Crippen LogP contribution in [0.25, 0.3) is 0 Å². The topological polar surface area (TPSA) is 113 Å². The van der Waals surface area contributed by atoms with Crippen LogP contribution in [0, 0.1) is 0 Å². The Morgan fingerprint density at radius 3 is 2.83 bits per heavy atom. The third kappa shape index (κ3) is 2.86. The van der Waals surface area contributed by atoms with Gasteiger partial charge in [0.1, 0.15) is 11.8 Å². The highest BCUT2D eigenvalue weighted by Gasteiger charge is 2.29. The van der Waals surface area contributed by atoms with Crippen molar-refractivity contribution in [2.75, 3.05) is 6.61 Å². The van der Waals surface area contributed by atoms with E-state index in [2.05, 4.69) is 10.5 Å². The molecule has 1 saturated carbocycles. The van der Waals surface area contributed by atoms with Crippen molar-refractivity contribution in [3.63, 3.8) is 0 Å². The van der Waals surface area contributed by atoms with Gasteiger partial charge in [0.25, 0.3) is 5.91 Å². The van der Waals surface area contributed by atoms with Gasteiger partial charge in [0, 0.05) is 25.0 Å². The molecule has 0 bridgehead atoms. The Labute approximate surface area is 103 Å². The Hall–Kier alpha value is -1.89. The zero-order valence-corrected chi connectivity index (χ0v) is 9.63. The molecular formula is C11H14N2O5. The average Bonchev–Trinajstić information content (AvgIpc) is 3.06. The van der Waals surface area contributed by atoms with Crippen LogP contribution in [0.4, 0.5) is 0 Å². The minimum absolute atomic E-state index is 0.0472. The third-order valence-electron chi connectivity index (χ3n) is 2.76. The van der Waals surface area contributed by atoms with Crippen LogP contribution >= 0.6 is 0 Å². The number of aliphatic hydroxyl groups excluding tert-OH is 1. The summed E-state index contributed by atoms with van der Waals surface area (Å²) in [5.41, 5.74) is 0.0705. The normalized spacial score (nSPS) is 16.3. The van der Waals surface area contributed by atoms with E-state index in [4.69, 9.17) is 14.7 Å². The van der Waals surface area contributed by atoms with Gasteiger partial charge in [0.15, 0.2) is 5.69 Å². The van der Waals surface area contributed by atoms with Gasteiger partial charge in [-0.15, -0.1) is 0 Å². The second kappa shape index (κ2) is 5.18. The smallest absolute Gasteiger partial charge is 0.326 e. The molecule has 1 aromatic rings. The number of hydrogen-bond acceptors (Lipinski definition) is 5. The van der Waals surface area contributed by atoms with Gasteiger partial charge >= 0.3 is 5.97 Å². The highest BCUT2D eigenvalue weighted by molar-refractivity contribution is 5.94. The lowest BCUT2D eigenvalue weighted by Crippen LogP contribution is -2.41. The molecule has 1 unspecified atom stereocenters. The van der Waals surface area contributed by atoms with Gasteiger partial charge in [-0.3, -0.25) is 4.79 Å². The van der Waals surface area contributed by atoms with Crippen molar-refractivity contribution < 1.29 is 24.3 Å². The quantitative estimate of drug-likeness (QED) is 0.664. The van der Waals surface area contributed by atoms with Crippen LogP contribution in [0.5, 0.6) is 0 Å². The van der Waals surface area contributed by atoms with E-state index in [-0.39, 0.29) is 18.7 Å². The van der Waals surface area contributed by atoms with Crippen molar-refractivity contribution in [1.29, 1.82) is 0 Å². The molecule has 1 heterocycles. The second-order valence-electron chi connectivity index (χ2n) is 4.27. The Bertz CT molecular complexity index is 452. The van der Waals surface area contributed by atoms with E-state index in [0.29, 0.717) is 11.7 Å². The van der Waals surface area contributed by atoms with Crippen LogP contribution in [-0.4, -0.2) is 39.9 Å². The van der Waals surface area contributed by atoms with Gasteiger partial charge in [-0.25, -0.2) is 4.79 Å². The van der Waals surface area contributed by atoms with Gasteiger partial charge in [0.2, 0.25) is 0 Å². The number of nitrogens with one attached hydrogen (secondary N) is 1. The van der Waals surface area contributed by atoms with Gasteiger partial charge < -0.3 is 20.1 Å². The molecule has 0 spiro atoms. The Balaban J connectivity index is 1.98. The second-order valence-corrected chi connectivity index (χ2v) is 4.27. The molecule has 0 radical (unpaired) electrons. The number of aliphatic carboxylic acids is 1. The number of carboxylic acid groups (broad SMARTS) is 1. The van der Waals surface area contributed by atoms with Crippen molar-refractivity contribution in [3.05, 3.63) is 17.5 Å².